The van der Waals surface area contributed by atoms with Crippen LogP contribution in [0.5, 0.6) is 0 Å². The van der Waals surface area contributed by atoms with Gasteiger partial charge in [0.15, 0.2) is 0 Å². The summed E-state index contributed by atoms with van der Waals surface area (Å²) in [5.41, 5.74) is 0. The van der Waals surface area contributed by atoms with E-state index in [9.17, 15) is 14.4 Å². The van der Waals surface area contributed by atoms with E-state index >= 15 is 0 Å². The number of hydrogen-bond acceptors (Lipinski definition) is 4. The molecule has 6 unspecified atom stereocenters. The van der Waals surface area contributed by atoms with Crippen molar-refractivity contribution in [2.45, 2.75) is 88.3 Å². The van der Waals surface area contributed by atoms with Gasteiger partial charge in [-0.3, -0.25) is 19.3 Å². The van der Waals surface area contributed by atoms with Gasteiger partial charge < -0.3 is 4.74 Å². The van der Waals surface area contributed by atoms with E-state index in [-0.39, 0.29) is 58.3 Å². The highest BCUT2D eigenvalue weighted by Crippen LogP contribution is 2.44. The largest absolute Gasteiger partial charge is 0.464 e. The Morgan fingerprint density at radius 1 is 1.19 bits per heavy atom. The van der Waals surface area contributed by atoms with Gasteiger partial charge in [0.25, 0.3) is 0 Å². The Morgan fingerprint density at radius 2 is 1.81 bits per heavy atom. The van der Waals surface area contributed by atoms with Crippen molar-refractivity contribution in [3.8, 4) is 0 Å². The van der Waals surface area contributed by atoms with Crippen molar-refractivity contribution in [1.82, 2.24) is 4.90 Å². The van der Waals surface area contributed by atoms with Crippen molar-refractivity contribution in [1.29, 1.82) is 0 Å². The Kier molecular flexibility index (Phi) is 9.97. The Bertz CT molecular complexity index is 651. The highest BCUT2D eigenvalue weighted by atomic mass is 35.5. The zero-order valence-electron chi connectivity index (χ0n) is 19.0. The molecule has 1 aliphatic carbocycles. The lowest BCUT2D eigenvalue weighted by Crippen LogP contribution is -2.34. The number of halogens is 3. The molecule has 8 heteroatoms. The standard InChI is InChI=1S/C23H36Cl3NO4/c1-14(6-5-9-23(3,4)26)19(24)8-7-16-12-17-18(13-20(16)25)22(30)27(21(17)29)10-11-31-15(2)28/h14,16-20H,5-13H2,1-4H3. The fourth-order valence-electron chi connectivity index (χ4n) is 4.77. The minimum Gasteiger partial charge on any atom is -0.464 e. The first-order valence-electron chi connectivity index (χ1n) is 11.4. The smallest absolute Gasteiger partial charge is 0.302 e. The average molecular weight is 497 g/mol. The van der Waals surface area contributed by atoms with Crippen LogP contribution in [-0.2, 0) is 19.1 Å². The van der Waals surface area contributed by atoms with Crippen molar-refractivity contribution in [3.63, 3.8) is 0 Å². The van der Waals surface area contributed by atoms with E-state index in [1.807, 2.05) is 13.8 Å². The van der Waals surface area contributed by atoms with E-state index in [0.717, 1.165) is 32.1 Å². The molecule has 1 saturated heterocycles. The molecule has 5 nitrogen and oxygen atoms in total. The zero-order valence-corrected chi connectivity index (χ0v) is 21.3. The Balaban J connectivity index is 1.84. The van der Waals surface area contributed by atoms with Crippen LogP contribution in [0.2, 0.25) is 0 Å². The number of carbonyl (C=O) groups excluding carboxylic acids is 3. The zero-order chi connectivity index (χ0) is 23.3. The first-order chi connectivity index (χ1) is 14.4. The lowest BCUT2D eigenvalue weighted by Gasteiger charge is -2.33. The second kappa shape index (κ2) is 11.6. The topological polar surface area (TPSA) is 63.7 Å². The third-order valence-electron chi connectivity index (χ3n) is 6.68. The van der Waals surface area contributed by atoms with Crippen LogP contribution in [0, 0.1) is 23.7 Å². The van der Waals surface area contributed by atoms with Crippen molar-refractivity contribution in [3.05, 3.63) is 0 Å². The summed E-state index contributed by atoms with van der Waals surface area (Å²) in [7, 11) is 0. The number of esters is 1. The molecule has 1 saturated carbocycles. The summed E-state index contributed by atoms with van der Waals surface area (Å²) >= 11 is 19.6. The summed E-state index contributed by atoms with van der Waals surface area (Å²) < 4.78 is 4.90. The molecule has 1 aliphatic heterocycles. The van der Waals surface area contributed by atoms with Gasteiger partial charge in [-0.1, -0.05) is 13.3 Å². The second-order valence-corrected chi connectivity index (χ2v) is 12.0. The van der Waals surface area contributed by atoms with Gasteiger partial charge >= 0.3 is 5.97 Å². The first kappa shape index (κ1) is 26.7. The molecular weight excluding hydrogens is 461 g/mol. The number of rotatable bonds is 11. The molecule has 0 aromatic carbocycles. The van der Waals surface area contributed by atoms with Crippen molar-refractivity contribution >= 4 is 52.6 Å². The molecule has 2 amide bonds. The molecule has 0 spiro atoms. The summed E-state index contributed by atoms with van der Waals surface area (Å²) in [5, 5.41) is -0.0798. The van der Waals surface area contributed by atoms with Gasteiger partial charge in [0.1, 0.15) is 6.61 Å². The van der Waals surface area contributed by atoms with Gasteiger partial charge in [-0.15, -0.1) is 34.8 Å². The summed E-state index contributed by atoms with van der Waals surface area (Å²) in [5.74, 6) is -0.878. The van der Waals surface area contributed by atoms with Gasteiger partial charge in [0.05, 0.1) is 18.4 Å². The number of fused-ring (bicyclic) bond motifs is 1. The van der Waals surface area contributed by atoms with Crippen LogP contribution in [0.15, 0.2) is 0 Å². The molecule has 2 aliphatic rings. The monoisotopic (exact) mass is 495 g/mol. The Morgan fingerprint density at radius 3 is 2.39 bits per heavy atom. The molecule has 0 radical (unpaired) electrons. The van der Waals surface area contributed by atoms with Gasteiger partial charge in [-0.05, 0) is 64.2 Å². The van der Waals surface area contributed by atoms with Crippen molar-refractivity contribution in [2.75, 3.05) is 13.2 Å². The number of nitrogens with zero attached hydrogens (tertiary/aromatic N) is 1. The molecule has 0 aromatic heterocycles. The van der Waals surface area contributed by atoms with Crippen LogP contribution in [0.1, 0.15) is 72.6 Å². The van der Waals surface area contributed by atoms with Gasteiger partial charge in [-0.25, -0.2) is 0 Å². The van der Waals surface area contributed by atoms with Crippen LogP contribution < -0.4 is 0 Å². The normalized spacial score (nSPS) is 28.4. The summed E-state index contributed by atoms with van der Waals surface area (Å²) in [6.45, 7) is 7.69. The molecule has 0 N–H and O–H groups in total. The highest BCUT2D eigenvalue weighted by Gasteiger charge is 2.52. The van der Waals surface area contributed by atoms with E-state index in [2.05, 4.69) is 6.92 Å². The summed E-state index contributed by atoms with van der Waals surface area (Å²) in [6, 6.07) is 0. The minimum absolute atomic E-state index is 0.0344. The van der Waals surface area contributed by atoms with Crippen molar-refractivity contribution < 1.29 is 19.1 Å². The third-order valence-corrected chi connectivity index (χ3v) is 8.05. The number of amides is 2. The molecule has 2 fully saturated rings. The summed E-state index contributed by atoms with van der Waals surface area (Å²) in [4.78, 5) is 37.5. The number of likely N-dealkylation sites (tertiary alicyclic amines) is 1. The van der Waals surface area contributed by atoms with Crippen LogP contribution >= 0.6 is 34.8 Å². The number of ether oxygens (including phenoxy) is 1. The van der Waals surface area contributed by atoms with Gasteiger partial charge in [-0.2, -0.15) is 0 Å². The van der Waals surface area contributed by atoms with Crippen LogP contribution in [-0.4, -0.2) is 51.5 Å². The number of imide groups is 1. The van der Waals surface area contributed by atoms with Crippen molar-refractivity contribution in [2.24, 2.45) is 23.7 Å². The molecule has 0 bridgehead atoms. The van der Waals surface area contributed by atoms with E-state index < -0.39 is 5.97 Å². The molecule has 1 heterocycles. The predicted octanol–water partition coefficient (Wildman–Crippen LogP) is 5.38. The maximum atomic E-state index is 12.8. The molecule has 31 heavy (non-hydrogen) atoms. The lowest BCUT2D eigenvalue weighted by molar-refractivity contribution is -0.147. The van der Waals surface area contributed by atoms with Gasteiger partial charge in [0.2, 0.25) is 11.8 Å². The SMILES string of the molecule is CC(=O)OCCN1C(=O)C2CC(Cl)C(CCC(Cl)C(C)CCCC(C)(C)Cl)CC2C1=O. The maximum absolute atomic E-state index is 12.8. The fraction of sp³-hybridized carbons (Fsp3) is 0.870. The third kappa shape index (κ3) is 7.78. The lowest BCUT2D eigenvalue weighted by atomic mass is 9.73. The van der Waals surface area contributed by atoms with E-state index in [1.165, 1.54) is 11.8 Å². The van der Waals surface area contributed by atoms with Gasteiger partial charge in [0, 0.05) is 22.6 Å². The maximum Gasteiger partial charge on any atom is 0.302 e. The van der Waals surface area contributed by atoms with E-state index in [4.69, 9.17) is 39.5 Å². The van der Waals surface area contributed by atoms with Crippen LogP contribution in [0.3, 0.4) is 0 Å². The first-order valence-corrected chi connectivity index (χ1v) is 12.6. The average Bonchev–Trinajstić information content (AvgIpc) is 2.88. The molecule has 6 atom stereocenters. The number of hydrogen-bond donors (Lipinski definition) is 0. The fourth-order valence-corrected chi connectivity index (χ4v) is 5.58. The molecule has 2 rings (SSSR count). The quantitative estimate of drug-likeness (QED) is 0.219. The van der Waals surface area contributed by atoms with Crippen LogP contribution in [0.25, 0.3) is 0 Å². The second-order valence-electron chi connectivity index (χ2n) is 9.81. The minimum atomic E-state index is -0.423. The molecule has 0 aromatic rings. The number of carbonyl (C=O) groups is 3. The Labute approximate surface area is 201 Å². The predicted molar refractivity (Wildman–Crippen MR) is 125 cm³/mol. The van der Waals surface area contributed by atoms with E-state index in [1.54, 1.807) is 0 Å². The van der Waals surface area contributed by atoms with Crippen LogP contribution in [0.4, 0.5) is 0 Å². The number of alkyl halides is 3. The molecule has 178 valence electrons. The molecular formula is C23H36Cl3NO4. The summed E-state index contributed by atoms with van der Waals surface area (Å²) in [6.07, 6.45) is 5.87. The van der Waals surface area contributed by atoms with E-state index in [0.29, 0.717) is 18.8 Å². The highest BCUT2D eigenvalue weighted by molar-refractivity contribution is 6.23. The Hall–Kier alpha value is -0.520.